The molecule has 0 aliphatic carbocycles. The summed E-state index contributed by atoms with van der Waals surface area (Å²) in [6.45, 7) is 2.16. The minimum Gasteiger partial charge on any atom is -0.309 e. The molecule has 0 N–H and O–H groups in total. The molecule has 0 radical (unpaired) electrons. The maximum atomic E-state index is 12.6. The minimum absolute atomic E-state index is 0.270. The predicted octanol–water partition coefficient (Wildman–Crippen LogP) is 4.44. The molecule has 110 valence electrons. The van der Waals surface area contributed by atoms with Crippen molar-refractivity contribution in [2.45, 2.75) is 45.1 Å². The number of benzene rings is 1. The Morgan fingerprint density at radius 3 is 2.95 bits per heavy atom. The Kier molecular flexibility index (Phi) is 4.39. The Hall–Kier alpha value is -1.61. The summed E-state index contributed by atoms with van der Waals surface area (Å²) >= 11 is 1.77. The third-order valence-electron chi connectivity index (χ3n) is 4.19. The number of thiophene rings is 1. The lowest BCUT2D eigenvalue weighted by molar-refractivity contribution is -0.119. The number of nitrogens with zero attached hydrogens (tertiary/aromatic N) is 1. The lowest BCUT2D eigenvalue weighted by atomic mass is 9.96. The molecule has 1 aromatic carbocycles. The number of carbonyl (C=O) groups is 1. The molecule has 1 unspecified atom stereocenters. The maximum absolute atomic E-state index is 12.6. The highest BCUT2D eigenvalue weighted by Gasteiger charge is 2.27. The summed E-state index contributed by atoms with van der Waals surface area (Å²) in [7, 11) is 0. The summed E-state index contributed by atoms with van der Waals surface area (Å²) < 4.78 is 0. The molecule has 1 aliphatic heterocycles. The van der Waals surface area contributed by atoms with Gasteiger partial charge in [0.2, 0.25) is 5.91 Å². The Morgan fingerprint density at radius 1 is 1.29 bits per heavy atom. The lowest BCUT2D eigenvalue weighted by Crippen LogP contribution is -2.42. The summed E-state index contributed by atoms with van der Waals surface area (Å²) in [6, 6.07) is 12.9. The number of hydrogen-bond acceptors (Lipinski definition) is 2. The van der Waals surface area contributed by atoms with Gasteiger partial charge in [0.05, 0.1) is 0 Å². The van der Waals surface area contributed by atoms with E-state index >= 15 is 0 Å². The summed E-state index contributed by atoms with van der Waals surface area (Å²) in [5.41, 5.74) is 2.43. The molecule has 0 spiro atoms. The Bertz CT molecular complexity index is 605. The second kappa shape index (κ2) is 6.44. The fourth-order valence-electron chi connectivity index (χ4n) is 3.06. The molecule has 3 heteroatoms. The van der Waals surface area contributed by atoms with Crippen LogP contribution in [0.5, 0.6) is 0 Å². The van der Waals surface area contributed by atoms with Crippen LogP contribution in [-0.4, -0.2) is 11.9 Å². The number of aryl methyl sites for hydroxylation is 2. The molecule has 21 heavy (non-hydrogen) atoms. The lowest BCUT2D eigenvalue weighted by Gasteiger charge is -2.35. The van der Waals surface area contributed by atoms with Crippen LogP contribution in [0.3, 0.4) is 0 Å². The highest BCUT2D eigenvalue weighted by atomic mass is 32.1. The van der Waals surface area contributed by atoms with Crippen molar-refractivity contribution < 1.29 is 4.79 Å². The summed E-state index contributed by atoms with van der Waals surface area (Å²) in [4.78, 5) is 16.0. The first-order valence-corrected chi connectivity index (χ1v) is 8.56. The Labute approximate surface area is 130 Å². The van der Waals surface area contributed by atoms with Crippen LogP contribution in [0.2, 0.25) is 0 Å². The van der Waals surface area contributed by atoms with Crippen LogP contribution in [0.25, 0.3) is 0 Å². The minimum atomic E-state index is 0.270. The van der Waals surface area contributed by atoms with Crippen molar-refractivity contribution in [3.63, 3.8) is 0 Å². The first-order chi connectivity index (χ1) is 10.3. The zero-order valence-electron chi connectivity index (χ0n) is 12.4. The van der Waals surface area contributed by atoms with E-state index in [0.717, 1.165) is 31.4 Å². The molecule has 0 fully saturated rings. The van der Waals surface area contributed by atoms with Crippen molar-refractivity contribution in [3.8, 4) is 0 Å². The number of para-hydroxylation sites is 1. The molecule has 1 amide bonds. The highest BCUT2D eigenvalue weighted by molar-refractivity contribution is 7.09. The van der Waals surface area contributed by atoms with E-state index in [-0.39, 0.29) is 5.91 Å². The predicted molar refractivity (Wildman–Crippen MR) is 89.0 cm³/mol. The average Bonchev–Trinajstić information content (AvgIpc) is 3.00. The van der Waals surface area contributed by atoms with E-state index in [1.54, 1.807) is 11.3 Å². The zero-order valence-corrected chi connectivity index (χ0v) is 13.2. The van der Waals surface area contributed by atoms with E-state index in [0.29, 0.717) is 12.5 Å². The smallest absolute Gasteiger partial charge is 0.227 e. The molecule has 3 rings (SSSR count). The first-order valence-electron chi connectivity index (χ1n) is 7.68. The number of fused-ring (bicyclic) bond motifs is 1. The largest absolute Gasteiger partial charge is 0.309 e. The first kappa shape index (κ1) is 14.3. The average molecular weight is 299 g/mol. The van der Waals surface area contributed by atoms with Crippen molar-refractivity contribution in [2.75, 3.05) is 4.90 Å². The topological polar surface area (TPSA) is 20.3 Å². The van der Waals surface area contributed by atoms with Crippen molar-refractivity contribution in [3.05, 3.63) is 52.2 Å². The van der Waals surface area contributed by atoms with E-state index in [4.69, 9.17) is 0 Å². The van der Waals surface area contributed by atoms with Crippen LogP contribution in [0, 0.1) is 0 Å². The van der Waals surface area contributed by atoms with E-state index in [2.05, 4.69) is 42.6 Å². The van der Waals surface area contributed by atoms with Crippen LogP contribution in [0.1, 0.15) is 36.6 Å². The van der Waals surface area contributed by atoms with Crippen LogP contribution in [-0.2, 0) is 17.6 Å². The van der Waals surface area contributed by atoms with Crippen molar-refractivity contribution in [2.24, 2.45) is 0 Å². The summed E-state index contributed by atoms with van der Waals surface area (Å²) in [5.74, 6) is 0.270. The van der Waals surface area contributed by atoms with Gasteiger partial charge in [0, 0.05) is 23.0 Å². The molecule has 2 heterocycles. The number of rotatable bonds is 4. The van der Waals surface area contributed by atoms with Crippen LogP contribution >= 0.6 is 11.3 Å². The fourth-order valence-corrected chi connectivity index (χ4v) is 3.81. The molecule has 1 aromatic heterocycles. The third-order valence-corrected chi connectivity index (χ3v) is 5.12. The number of anilines is 1. The molecule has 2 aromatic rings. The van der Waals surface area contributed by atoms with Crippen LogP contribution < -0.4 is 4.90 Å². The van der Waals surface area contributed by atoms with Gasteiger partial charge in [-0.1, -0.05) is 24.3 Å². The SMILES string of the molecule is CC1CCc2ccccc2N1C(=O)CCCc1cccs1. The second-order valence-corrected chi connectivity index (χ2v) is 6.75. The molecule has 1 aliphatic rings. The molecule has 1 atom stereocenters. The van der Waals surface area contributed by atoms with Crippen LogP contribution in [0.4, 0.5) is 5.69 Å². The van der Waals surface area contributed by atoms with Gasteiger partial charge in [0.15, 0.2) is 0 Å². The van der Waals surface area contributed by atoms with Crippen LogP contribution in [0.15, 0.2) is 41.8 Å². The second-order valence-electron chi connectivity index (χ2n) is 5.71. The van der Waals surface area contributed by atoms with Gasteiger partial charge in [0.25, 0.3) is 0 Å². The van der Waals surface area contributed by atoms with E-state index in [1.807, 2.05) is 11.0 Å². The molecule has 2 nitrogen and oxygen atoms in total. The van der Waals surface area contributed by atoms with E-state index in [1.165, 1.54) is 10.4 Å². The van der Waals surface area contributed by atoms with Gasteiger partial charge in [-0.05, 0) is 55.7 Å². The third kappa shape index (κ3) is 3.18. The van der Waals surface area contributed by atoms with Gasteiger partial charge in [-0.25, -0.2) is 0 Å². The normalized spacial score (nSPS) is 17.6. The van der Waals surface area contributed by atoms with Gasteiger partial charge < -0.3 is 4.90 Å². The van der Waals surface area contributed by atoms with Crippen molar-refractivity contribution in [1.82, 2.24) is 0 Å². The molecular formula is C18H21NOS. The number of carbonyl (C=O) groups excluding carboxylic acids is 1. The fraction of sp³-hybridized carbons (Fsp3) is 0.389. The van der Waals surface area contributed by atoms with Gasteiger partial charge in [-0.15, -0.1) is 11.3 Å². The van der Waals surface area contributed by atoms with Crippen molar-refractivity contribution in [1.29, 1.82) is 0 Å². The molecular weight excluding hydrogens is 278 g/mol. The van der Waals surface area contributed by atoms with Gasteiger partial charge in [-0.3, -0.25) is 4.79 Å². The number of amides is 1. The van der Waals surface area contributed by atoms with E-state index in [9.17, 15) is 4.79 Å². The van der Waals surface area contributed by atoms with E-state index < -0.39 is 0 Å². The monoisotopic (exact) mass is 299 g/mol. The number of hydrogen-bond donors (Lipinski definition) is 0. The maximum Gasteiger partial charge on any atom is 0.227 e. The standard InChI is InChI=1S/C18H21NOS/c1-14-11-12-15-6-2-3-9-17(15)19(14)18(20)10-4-7-16-8-5-13-21-16/h2-3,5-6,8-9,13-14H,4,7,10-12H2,1H3. The Balaban J connectivity index is 1.66. The molecule has 0 saturated carbocycles. The van der Waals surface area contributed by atoms with Gasteiger partial charge in [-0.2, -0.15) is 0 Å². The summed E-state index contributed by atoms with van der Waals surface area (Å²) in [6.07, 6.45) is 4.72. The quantitative estimate of drug-likeness (QED) is 0.817. The summed E-state index contributed by atoms with van der Waals surface area (Å²) in [5, 5.41) is 2.10. The van der Waals surface area contributed by atoms with Gasteiger partial charge in [0.1, 0.15) is 0 Å². The molecule has 0 saturated heterocycles. The Morgan fingerprint density at radius 2 is 2.14 bits per heavy atom. The highest BCUT2D eigenvalue weighted by Crippen LogP contribution is 2.31. The molecule has 0 bridgehead atoms. The van der Waals surface area contributed by atoms with Gasteiger partial charge >= 0.3 is 0 Å². The van der Waals surface area contributed by atoms with Crippen molar-refractivity contribution >= 4 is 22.9 Å². The zero-order chi connectivity index (χ0) is 14.7.